The van der Waals surface area contributed by atoms with Crippen molar-refractivity contribution >= 4 is 16.9 Å². The molecule has 1 aliphatic heterocycles. The molecule has 7 heteroatoms. The van der Waals surface area contributed by atoms with Crippen LogP contribution in [-0.2, 0) is 0 Å². The smallest absolute Gasteiger partial charge is 0.379 e. The Bertz CT molecular complexity index is 1560. The number of rotatable bonds is 4. The van der Waals surface area contributed by atoms with Crippen molar-refractivity contribution in [2.45, 2.75) is 19.8 Å². The molecule has 0 spiro atoms. The van der Waals surface area contributed by atoms with Gasteiger partial charge < -0.3 is 24.4 Å². The van der Waals surface area contributed by atoms with E-state index in [2.05, 4.69) is 6.07 Å². The van der Waals surface area contributed by atoms with Crippen LogP contribution in [0, 0.1) is 25.2 Å². The number of hydrogen-bond donors (Lipinski definition) is 1. The predicted octanol–water partition coefficient (Wildman–Crippen LogP) is 5.50. The number of nitriles is 1. The fourth-order valence-corrected chi connectivity index (χ4v) is 4.35. The van der Waals surface area contributed by atoms with E-state index in [1.807, 2.05) is 56.3 Å². The lowest BCUT2D eigenvalue weighted by atomic mass is 9.83. The van der Waals surface area contributed by atoms with E-state index in [0.717, 1.165) is 22.1 Å². The molecule has 4 aromatic rings. The molecule has 5 rings (SSSR count). The molecule has 35 heavy (non-hydrogen) atoms. The van der Waals surface area contributed by atoms with Crippen molar-refractivity contribution in [3.63, 3.8) is 0 Å². The van der Waals surface area contributed by atoms with Gasteiger partial charge in [0.1, 0.15) is 34.5 Å². The molecular weight excluding hydrogens is 444 g/mol. The van der Waals surface area contributed by atoms with Crippen LogP contribution in [0.4, 0.5) is 0 Å². The maximum atomic E-state index is 12.9. The number of ether oxygens (including phenoxy) is 3. The van der Waals surface area contributed by atoms with Crippen LogP contribution < -0.4 is 19.9 Å². The van der Waals surface area contributed by atoms with Crippen LogP contribution in [0.5, 0.6) is 17.2 Å². The summed E-state index contributed by atoms with van der Waals surface area (Å²) in [6.07, 6.45) is 0. The third-order valence-electron chi connectivity index (χ3n) is 6.11. The number of nitrogens with two attached hydrogens (primary N) is 1. The number of fused-ring (bicyclic) bond motifs is 2. The van der Waals surface area contributed by atoms with E-state index in [-0.39, 0.29) is 17.4 Å². The average Bonchev–Trinajstić information content (AvgIpc) is 3.18. The van der Waals surface area contributed by atoms with Gasteiger partial charge in [0.2, 0.25) is 11.6 Å². The highest BCUT2D eigenvalue weighted by Crippen LogP contribution is 2.44. The van der Waals surface area contributed by atoms with E-state index in [1.54, 1.807) is 25.3 Å². The van der Waals surface area contributed by atoms with Crippen LogP contribution in [0.1, 0.15) is 38.7 Å². The van der Waals surface area contributed by atoms with Crippen molar-refractivity contribution in [1.82, 2.24) is 0 Å². The maximum Gasteiger partial charge on any atom is 0.379 e. The van der Waals surface area contributed by atoms with Gasteiger partial charge in [0.05, 0.1) is 13.0 Å². The molecule has 1 unspecified atom stereocenters. The minimum absolute atomic E-state index is 0.000190. The molecule has 0 saturated heterocycles. The maximum absolute atomic E-state index is 12.9. The third kappa shape index (κ3) is 3.85. The molecule has 1 aromatic heterocycles. The SMILES string of the molecule is COc1cccc(C2C(C#N)=C(N)Oc3cc(OC(=O)c4oc5ccc(C)cc5c4C)ccc32)c1. The number of furan rings is 1. The summed E-state index contributed by atoms with van der Waals surface area (Å²) in [4.78, 5) is 12.9. The average molecular weight is 466 g/mol. The molecule has 2 N–H and O–H groups in total. The minimum atomic E-state index is -0.613. The van der Waals surface area contributed by atoms with E-state index >= 15 is 0 Å². The first-order chi connectivity index (χ1) is 16.9. The van der Waals surface area contributed by atoms with E-state index < -0.39 is 11.9 Å². The van der Waals surface area contributed by atoms with E-state index in [4.69, 9.17) is 24.4 Å². The van der Waals surface area contributed by atoms with Gasteiger partial charge in [0.25, 0.3) is 0 Å². The molecule has 0 radical (unpaired) electrons. The lowest BCUT2D eigenvalue weighted by Crippen LogP contribution is -2.21. The first-order valence-electron chi connectivity index (χ1n) is 11.0. The summed E-state index contributed by atoms with van der Waals surface area (Å²) in [7, 11) is 1.58. The van der Waals surface area contributed by atoms with E-state index in [0.29, 0.717) is 28.2 Å². The molecule has 3 aromatic carbocycles. The summed E-state index contributed by atoms with van der Waals surface area (Å²) < 4.78 is 22.5. The molecule has 1 atom stereocenters. The van der Waals surface area contributed by atoms with Crippen LogP contribution >= 0.6 is 0 Å². The van der Waals surface area contributed by atoms with Crippen LogP contribution in [0.2, 0.25) is 0 Å². The normalized spacial score (nSPS) is 14.7. The van der Waals surface area contributed by atoms with Gasteiger partial charge in [-0.25, -0.2) is 4.79 Å². The second kappa shape index (κ2) is 8.58. The largest absolute Gasteiger partial charge is 0.497 e. The Morgan fingerprint density at radius 3 is 2.66 bits per heavy atom. The third-order valence-corrected chi connectivity index (χ3v) is 6.11. The van der Waals surface area contributed by atoms with Crippen molar-refractivity contribution in [1.29, 1.82) is 5.26 Å². The zero-order valence-corrected chi connectivity index (χ0v) is 19.4. The number of nitrogens with zero attached hydrogens (tertiary/aromatic N) is 1. The highest BCUT2D eigenvalue weighted by molar-refractivity contribution is 5.97. The van der Waals surface area contributed by atoms with Gasteiger partial charge in [-0.05, 0) is 49.7 Å². The van der Waals surface area contributed by atoms with Crippen LogP contribution in [0.3, 0.4) is 0 Å². The Morgan fingerprint density at radius 2 is 1.89 bits per heavy atom. The number of carbonyl (C=O) groups excluding carboxylic acids is 1. The van der Waals surface area contributed by atoms with Crippen LogP contribution in [0.15, 0.2) is 76.5 Å². The second-order valence-electron chi connectivity index (χ2n) is 8.35. The number of esters is 1. The monoisotopic (exact) mass is 466 g/mol. The van der Waals surface area contributed by atoms with Crippen molar-refractivity contribution in [3.8, 4) is 23.3 Å². The Morgan fingerprint density at radius 1 is 1.06 bits per heavy atom. The molecule has 2 heterocycles. The molecule has 7 nitrogen and oxygen atoms in total. The van der Waals surface area contributed by atoms with Gasteiger partial charge in [-0.2, -0.15) is 5.26 Å². The summed E-state index contributed by atoms with van der Waals surface area (Å²) in [6, 6.07) is 20.3. The van der Waals surface area contributed by atoms with Gasteiger partial charge >= 0.3 is 5.97 Å². The molecule has 0 aliphatic carbocycles. The molecule has 0 saturated carbocycles. The summed E-state index contributed by atoms with van der Waals surface area (Å²) in [5.41, 5.74) is 10.4. The Hall–Kier alpha value is -4.70. The summed E-state index contributed by atoms with van der Waals surface area (Å²) in [6.45, 7) is 3.80. The molecule has 174 valence electrons. The highest BCUT2D eigenvalue weighted by Gasteiger charge is 2.31. The first kappa shape index (κ1) is 22.1. The molecule has 1 aliphatic rings. The van der Waals surface area contributed by atoms with Crippen molar-refractivity contribution in [2.24, 2.45) is 5.73 Å². The zero-order valence-electron chi connectivity index (χ0n) is 19.4. The van der Waals surface area contributed by atoms with Crippen molar-refractivity contribution in [2.75, 3.05) is 7.11 Å². The Labute approximate surface area is 201 Å². The Balaban J connectivity index is 1.49. The minimum Gasteiger partial charge on any atom is -0.497 e. The van der Waals surface area contributed by atoms with Crippen molar-refractivity contribution in [3.05, 3.63) is 100 Å². The highest BCUT2D eigenvalue weighted by atomic mass is 16.5. The van der Waals surface area contributed by atoms with Crippen LogP contribution in [-0.4, -0.2) is 13.1 Å². The second-order valence-corrected chi connectivity index (χ2v) is 8.35. The van der Waals surface area contributed by atoms with Gasteiger partial charge in [0, 0.05) is 22.6 Å². The van der Waals surface area contributed by atoms with Gasteiger partial charge in [-0.15, -0.1) is 0 Å². The number of carbonyl (C=O) groups is 1. The lowest BCUT2D eigenvalue weighted by molar-refractivity contribution is 0.0702. The lowest BCUT2D eigenvalue weighted by Gasteiger charge is -2.27. The number of hydrogen-bond acceptors (Lipinski definition) is 7. The Kier molecular flexibility index (Phi) is 5.42. The first-order valence-corrected chi connectivity index (χ1v) is 11.0. The predicted molar refractivity (Wildman–Crippen MR) is 129 cm³/mol. The quantitative estimate of drug-likeness (QED) is 0.313. The fourth-order valence-electron chi connectivity index (χ4n) is 4.35. The summed E-state index contributed by atoms with van der Waals surface area (Å²) in [5, 5.41) is 10.6. The summed E-state index contributed by atoms with van der Waals surface area (Å²) >= 11 is 0. The molecular formula is C28H22N2O5. The summed E-state index contributed by atoms with van der Waals surface area (Å²) in [5.74, 6) is 0.402. The van der Waals surface area contributed by atoms with Gasteiger partial charge in [0.15, 0.2) is 0 Å². The number of aryl methyl sites for hydroxylation is 2. The number of allylic oxidation sites excluding steroid dienone is 1. The van der Waals surface area contributed by atoms with Gasteiger partial charge in [-0.1, -0.05) is 29.8 Å². The van der Waals surface area contributed by atoms with Crippen molar-refractivity contribution < 1.29 is 23.4 Å². The molecule has 0 bridgehead atoms. The fraction of sp³-hybridized carbons (Fsp3) is 0.143. The topological polar surface area (TPSA) is 108 Å². The zero-order chi connectivity index (χ0) is 24.7. The van der Waals surface area contributed by atoms with Crippen LogP contribution in [0.25, 0.3) is 11.0 Å². The number of benzene rings is 3. The standard InChI is InChI=1S/C28H22N2O5/c1-15-7-10-23-21(11-15)16(2)26(34-23)28(31)33-19-8-9-20-24(13-19)35-27(30)22(14-29)25(20)17-5-4-6-18(12-17)32-3/h4-13,25H,30H2,1-3H3. The van der Waals surface area contributed by atoms with E-state index in [9.17, 15) is 10.1 Å². The number of methoxy groups -OCH3 is 1. The molecule has 0 fully saturated rings. The molecule has 0 amide bonds. The van der Waals surface area contributed by atoms with E-state index in [1.165, 1.54) is 0 Å². The van der Waals surface area contributed by atoms with Gasteiger partial charge in [-0.3, -0.25) is 0 Å².